The van der Waals surface area contributed by atoms with Gasteiger partial charge in [-0.3, -0.25) is 0 Å². The summed E-state index contributed by atoms with van der Waals surface area (Å²) in [6.45, 7) is 2.89. The number of nitrogens with zero attached hydrogens (tertiary/aromatic N) is 2. The third kappa shape index (κ3) is 3.88. The Balaban J connectivity index is 2.21. The summed E-state index contributed by atoms with van der Waals surface area (Å²) in [5, 5.41) is 7.34. The van der Waals surface area contributed by atoms with Crippen LogP contribution in [0.4, 0.5) is 23.3 Å². The maximum atomic E-state index is 6.11. The van der Waals surface area contributed by atoms with Crippen molar-refractivity contribution in [3.05, 3.63) is 34.3 Å². The number of nitrogens with two attached hydrogens (primary N) is 1. The van der Waals surface area contributed by atoms with Crippen LogP contribution in [0.25, 0.3) is 0 Å². The van der Waals surface area contributed by atoms with E-state index in [1.807, 2.05) is 0 Å². The van der Waals surface area contributed by atoms with Gasteiger partial charge < -0.3 is 16.4 Å². The lowest BCUT2D eigenvalue weighted by Gasteiger charge is -2.10. The molecule has 20 heavy (non-hydrogen) atoms. The standard InChI is InChI=1S/C13H15Cl2N5/c1-2-5-17-11-7-12(20-13(16)19-11)18-10-4-3-8(14)6-9(10)15/h3-4,6-7H,2,5H2,1H3,(H4,16,17,18,19,20). The first-order valence-corrected chi connectivity index (χ1v) is 6.94. The molecule has 7 heteroatoms. The Morgan fingerprint density at radius 2 is 1.90 bits per heavy atom. The van der Waals surface area contributed by atoms with E-state index < -0.39 is 0 Å². The molecule has 0 amide bonds. The average molecular weight is 312 g/mol. The van der Waals surface area contributed by atoms with Crippen molar-refractivity contribution in [1.29, 1.82) is 0 Å². The molecule has 0 aliphatic carbocycles. The van der Waals surface area contributed by atoms with E-state index in [-0.39, 0.29) is 5.95 Å². The molecule has 0 radical (unpaired) electrons. The summed E-state index contributed by atoms with van der Waals surface area (Å²) in [7, 11) is 0. The molecular formula is C13H15Cl2N5. The predicted molar refractivity (Wildman–Crippen MR) is 85.0 cm³/mol. The highest BCUT2D eigenvalue weighted by Gasteiger charge is 2.05. The van der Waals surface area contributed by atoms with Gasteiger partial charge in [0.25, 0.3) is 0 Å². The van der Waals surface area contributed by atoms with Gasteiger partial charge in [0, 0.05) is 17.6 Å². The van der Waals surface area contributed by atoms with Crippen molar-refractivity contribution in [3.63, 3.8) is 0 Å². The lowest BCUT2D eigenvalue weighted by molar-refractivity contribution is 0.967. The van der Waals surface area contributed by atoms with E-state index in [9.17, 15) is 0 Å². The Morgan fingerprint density at radius 3 is 2.60 bits per heavy atom. The maximum absolute atomic E-state index is 6.11. The smallest absolute Gasteiger partial charge is 0.223 e. The Hall–Kier alpha value is -1.72. The quantitative estimate of drug-likeness (QED) is 0.780. The Kier molecular flexibility index (Phi) is 4.87. The lowest BCUT2D eigenvalue weighted by Crippen LogP contribution is -2.06. The van der Waals surface area contributed by atoms with Crippen LogP contribution in [0.2, 0.25) is 10.0 Å². The molecule has 1 aromatic heterocycles. The molecule has 0 fully saturated rings. The normalized spacial score (nSPS) is 10.3. The van der Waals surface area contributed by atoms with Crippen molar-refractivity contribution in [2.45, 2.75) is 13.3 Å². The molecule has 1 heterocycles. The highest BCUT2D eigenvalue weighted by Crippen LogP contribution is 2.28. The van der Waals surface area contributed by atoms with Gasteiger partial charge in [-0.2, -0.15) is 9.97 Å². The van der Waals surface area contributed by atoms with E-state index >= 15 is 0 Å². The first-order chi connectivity index (χ1) is 9.58. The van der Waals surface area contributed by atoms with Crippen LogP contribution in [-0.4, -0.2) is 16.5 Å². The molecule has 4 N–H and O–H groups in total. The van der Waals surface area contributed by atoms with Gasteiger partial charge >= 0.3 is 0 Å². The molecule has 0 aliphatic rings. The van der Waals surface area contributed by atoms with Crippen molar-refractivity contribution < 1.29 is 0 Å². The largest absolute Gasteiger partial charge is 0.370 e. The van der Waals surface area contributed by atoms with Gasteiger partial charge in [0.2, 0.25) is 5.95 Å². The molecule has 5 nitrogen and oxygen atoms in total. The van der Waals surface area contributed by atoms with Crippen molar-refractivity contribution in [2.24, 2.45) is 0 Å². The minimum absolute atomic E-state index is 0.193. The number of aromatic nitrogens is 2. The summed E-state index contributed by atoms with van der Waals surface area (Å²) < 4.78 is 0. The number of nitrogen functional groups attached to an aromatic ring is 1. The first kappa shape index (κ1) is 14.7. The zero-order chi connectivity index (χ0) is 14.5. The highest BCUT2D eigenvalue weighted by molar-refractivity contribution is 6.36. The Bertz CT molecular complexity index is 603. The van der Waals surface area contributed by atoms with Gasteiger partial charge in [0.15, 0.2) is 0 Å². The summed E-state index contributed by atoms with van der Waals surface area (Å²) in [5.74, 6) is 1.44. The number of rotatable bonds is 5. The molecule has 0 atom stereocenters. The van der Waals surface area contributed by atoms with E-state index in [4.69, 9.17) is 28.9 Å². The summed E-state index contributed by atoms with van der Waals surface area (Å²) in [6, 6.07) is 6.96. The van der Waals surface area contributed by atoms with E-state index in [0.29, 0.717) is 27.4 Å². The van der Waals surface area contributed by atoms with Gasteiger partial charge in [-0.05, 0) is 24.6 Å². The molecule has 0 aliphatic heterocycles. The summed E-state index contributed by atoms with van der Waals surface area (Å²) >= 11 is 12.0. The summed E-state index contributed by atoms with van der Waals surface area (Å²) in [5.41, 5.74) is 6.39. The predicted octanol–water partition coefficient (Wildman–Crippen LogP) is 3.93. The van der Waals surface area contributed by atoms with E-state index in [1.165, 1.54) is 0 Å². The average Bonchev–Trinajstić information content (AvgIpc) is 2.39. The van der Waals surface area contributed by atoms with Crippen molar-refractivity contribution in [2.75, 3.05) is 22.9 Å². The fraction of sp³-hybridized carbons (Fsp3) is 0.231. The zero-order valence-corrected chi connectivity index (χ0v) is 12.5. The van der Waals surface area contributed by atoms with E-state index in [1.54, 1.807) is 24.3 Å². The molecule has 106 valence electrons. The second-order valence-corrected chi connectivity index (χ2v) is 5.02. The number of halogens is 2. The molecular weight excluding hydrogens is 297 g/mol. The van der Waals surface area contributed by atoms with E-state index in [0.717, 1.165) is 13.0 Å². The molecule has 0 bridgehead atoms. The van der Waals surface area contributed by atoms with Crippen molar-refractivity contribution >= 4 is 46.5 Å². The number of nitrogens with one attached hydrogen (secondary N) is 2. The van der Waals surface area contributed by atoms with Gasteiger partial charge in [0.1, 0.15) is 11.6 Å². The van der Waals surface area contributed by atoms with Crippen LogP contribution in [0.3, 0.4) is 0 Å². The molecule has 0 saturated carbocycles. The van der Waals surface area contributed by atoms with Crippen LogP contribution in [0.1, 0.15) is 13.3 Å². The second kappa shape index (κ2) is 6.63. The third-order valence-electron chi connectivity index (χ3n) is 2.49. The minimum Gasteiger partial charge on any atom is -0.370 e. The Labute approximate surface area is 127 Å². The van der Waals surface area contributed by atoms with Gasteiger partial charge in [-0.25, -0.2) is 0 Å². The number of hydrogen-bond acceptors (Lipinski definition) is 5. The van der Waals surface area contributed by atoms with Crippen LogP contribution in [0, 0.1) is 0 Å². The topological polar surface area (TPSA) is 75.9 Å². The molecule has 2 rings (SSSR count). The molecule has 0 saturated heterocycles. The SMILES string of the molecule is CCCNc1cc(Nc2ccc(Cl)cc2Cl)nc(N)n1. The monoisotopic (exact) mass is 311 g/mol. The molecule has 0 unspecified atom stereocenters. The third-order valence-corrected chi connectivity index (χ3v) is 3.04. The number of benzene rings is 1. The maximum Gasteiger partial charge on any atom is 0.223 e. The lowest BCUT2D eigenvalue weighted by atomic mass is 10.3. The van der Waals surface area contributed by atoms with Gasteiger partial charge in [-0.15, -0.1) is 0 Å². The number of hydrogen-bond donors (Lipinski definition) is 3. The second-order valence-electron chi connectivity index (χ2n) is 4.17. The van der Waals surface area contributed by atoms with E-state index in [2.05, 4.69) is 27.5 Å². The molecule has 2 aromatic rings. The van der Waals surface area contributed by atoms with Crippen molar-refractivity contribution in [1.82, 2.24) is 9.97 Å². The summed E-state index contributed by atoms with van der Waals surface area (Å²) in [6.07, 6.45) is 0.996. The zero-order valence-electron chi connectivity index (χ0n) is 11.0. The summed E-state index contributed by atoms with van der Waals surface area (Å²) in [4.78, 5) is 8.24. The van der Waals surface area contributed by atoms with Crippen LogP contribution < -0.4 is 16.4 Å². The van der Waals surface area contributed by atoms with Crippen LogP contribution in [-0.2, 0) is 0 Å². The fourth-order valence-electron chi connectivity index (χ4n) is 1.60. The van der Waals surface area contributed by atoms with Gasteiger partial charge in [0.05, 0.1) is 10.7 Å². The first-order valence-electron chi connectivity index (χ1n) is 6.19. The van der Waals surface area contributed by atoms with Crippen LogP contribution in [0.15, 0.2) is 24.3 Å². The molecule has 1 aromatic carbocycles. The number of anilines is 4. The highest BCUT2D eigenvalue weighted by atomic mass is 35.5. The Morgan fingerprint density at radius 1 is 1.15 bits per heavy atom. The van der Waals surface area contributed by atoms with Gasteiger partial charge in [-0.1, -0.05) is 30.1 Å². The van der Waals surface area contributed by atoms with Crippen LogP contribution in [0.5, 0.6) is 0 Å². The fourth-order valence-corrected chi connectivity index (χ4v) is 2.06. The molecule has 0 spiro atoms. The van der Waals surface area contributed by atoms with Crippen molar-refractivity contribution in [3.8, 4) is 0 Å². The van der Waals surface area contributed by atoms with Crippen LogP contribution >= 0.6 is 23.2 Å². The minimum atomic E-state index is 0.193.